The van der Waals surface area contributed by atoms with Gasteiger partial charge in [0.25, 0.3) is 0 Å². The molecule has 2 atom stereocenters. The van der Waals surface area contributed by atoms with E-state index in [1.54, 1.807) is 0 Å². The molecule has 1 aliphatic heterocycles. The van der Waals surface area contributed by atoms with Crippen molar-refractivity contribution in [1.29, 1.82) is 0 Å². The predicted molar refractivity (Wildman–Crippen MR) is 116 cm³/mol. The van der Waals surface area contributed by atoms with Crippen molar-refractivity contribution in [3.05, 3.63) is 101 Å². The van der Waals surface area contributed by atoms with Crippen LogP contribution >= 0.6 is 0 Å². The molecule has 0 radical (unpaired) electrons. The molecule has 0 aromatic heterocycles. The summed E-state index contributed by atoms with van der Waals surface area (Å²) in [7, 11) is 0. The van der Waals surface area contributed by atoms with E-state index in [-0.39, 0.29) is 29.6 Å². The molecule has 3 aromatic rings. The van der Waals surface area contributed by atoms with Gasteiger partial charge in [-0.3, -0.25) is 9.59 Å². The lowest BCUT2D eigenvalue weighted by molar-refractivity contribution is -0.123. The average Bonchev–Trinajstić information content (AvgIpc) is 3.05. The molecule has 148 valence electrons. The van der Waals surface area contributed by atoms with E-state index >= 15 is 0 Å². The zero-order valence-corrected chi connectivity index (χ0v) is 17.1. The Balaban J connectivity index is 1.65. The first kappa shape index (κ1) is 17.6. The van der Waals surface area contributed by atoms with E-state index in [1.165, 1.54) is 27.2 Å². The van der Waals surface area contributed by atoms with E-state index < -0.39 is 5.41 Å². The second-order valence-corrected chi connectivity index (χ2v) is 8.83. The van der Waals surface area contributed by atoms with E-state index in [0.29, 0.717) is 5.69 Å². The molecule has 3 aromatic carbocycles. The molecule has 7 rings (SSSR count). The first-order valence-corrected chi connectivity index (χ1v) is 10.7. The van der Waals surface area contributed by atoms with Gasteiger partial charge in [0.05, 0.1) is 17.5 Å². The highest BCUT2D eigenvalue weighted by Crippen LogP contribution is 2.65. The highest BCUT2D eigenvalue weighted by molar-refractivity contribution is 6.23. The first-order chi connectivity index (χ1) is 14.6. The van der Waals surface area contributed by atoms with Gasteiger partial charge in [0.15, 0.2) is 0 Å². The largest absolute Gasteiger partial charge is 0.274 e. The van der Waals surface area contributed by atoms with Crippen LogP contribution in [0.25, 0.3) is 0 Å². The molecule has 0 spiro atoms. The van der Waals surface area contributed by atoms with Crippen LogP contribution in [0.1, 0.15) is 47.1 Å². The minimum absolute atomic E-state index is 0.0496. The molecule has 1 fully saturated rings. The van der Waals surface area contributed by atoms with Crippen LogP contribution in [0.3, 0.4) is 0 Å². The zero-order chi connectivity index (χ0) is 20.6. The predicted octanol–water partition coefficient (Wildman–Crippen LogP) is 4.96. The zero-order valence-electron chi connectivity index (χ0n) is 17.1. The van der Waals surface area contributed by atoms with Crippen molar-refractivity contribution in [3.63, 3.8) is 0 Å². The molecule has 1 saturated heterocycles. The van der Waals surface area contributed by atoms with Crippen molar-refractivity contribution in [2.45, 2.75) is 31.6 Å². The van der Waals surface area contributed by atoms with Crippen LogP contribution in [0.15, 0.2) is 72.8 Å². The van der Waals surface area contributed by atoms with Gasteiger partial charge in [0, 0.05) is 11.3 Å². The lowest BCUT2D eigenvalue weighted by Gasteiger charge is -2.54. The fourth-order valence-electron chi connectivity index (χ4n) is 6.55. The lowest BCUT2D eigenvalue weighted by Crippen LogP contribution is -2.53. The number of imide groups is 1. The van der Waals surface area contributed by atoms with Crippen molar-refractivity contribution in [3.8, 4) is 0 Å². The molecule has 4 aliphatic rings. The monoisotopic (exact) mass is 393 g/mol. The number of benzene rings is 3. The van der Waals surface area contributed by atoms with Crippen LogP contribution in [-0.4, -0.2) is 11.8 Å². The number of carbonyl (C=O) groups excluding carboxylic acids is 2. The molecule has 0 saturated carbocycles. The van der Waals surface area contributed by atoms with Gasteiger partial charge in [-0.15, -0.1) is 0 Å². The normalized spacial score (nSPS) is 28.3. The highest BCUT2D eigenvalue weighted by atomic mass is 16.2. The molecule has 0 unspecified atom stereocenters. The van der Waals surface area contributed by atoms with Crippen LogP contribution in [0, 0.1) is 18.8 Å². The number of hydrogen-bond donors (Lipinski definition) is 0. The Bertz CT molecular complexity index is 1180. The number of hydrogen-bond acceptors (Lipinski definition) is 2. The minimum Gasteiger partial charge on any atom is -0.274 e. The standard InChI is InChI=1S/C27H23NO2/c1-3-27-20-13-6-4-11-18(20)22(19-12-5-7-14-21(19)27)23-24(27)26(30)28(25(23)29)17-10-8-9-16(2)15-17/h4-15,22-24H,3H2,1-2H3/t22?,23-,24-,27?/m1/s1. The van der Waals surface area contributed by atoms with E-state index in [9.17, 15) is 9.59 Å². The van der Waals surface area contributed by atoms with Crippen molar-refractivity contribution < 1.29 is 9.59 Å². The maximum atomic E-state index is 13.9. The summed E-state index contributed by atoms with van der Waals surface area (Å²) >= 11 is 0. The van der Waals surface area contributed by atoms with Crippen LogP contribution in [-0.2, 0) is 15.0 Å². The van der Waals surface area contributed by atoms with Crippen LogP contribution in [0.4, 0.5) is 5.69 Å². The molecular weight excluding hydrogens is 370 g/mol. The highest BCUT2D eigenvalue weighted by Gasteiger charge is 2.67. The second kappa shape index (κ2) is 5.91. The SMILES string of the molecule is CCC12c3ccccc3C(c3ccccc31)[C@H]1C(=O)N(c3cccc(C)c3)C(=O)[C@@H]12. The minimum atomic E-state index is -0.460. The van der Waals surface area contributed by atoms with Gasteiger partial charge < -0.3 is 0 Å². The third-order valence-electron chi connectivity index (χ3n) is 7.61. The van der Waals surface area contributed by atoms with Gasteiger partial charge in [0.1, 0.15) is 0 Å². The van der Waals surface area contributed by atoms with Crippen molar-refractivity contribution in [2.24, 2.45) is 11.8 Å². The molecule has 3 nitrogen and oxygen atoms in total. The molecular formula is C27H23NO2. The van der Waals surface area contributed by atoms with Gasteiger partial charge in [-0.25, -0.2) is 4.90 Å². The number of rotatable bonds is 2. The molecule has 0 N–H and O–H groups in total. The van der Waals surface area contributed by atoms with Crippen LogP contribution < -0.4 is 4.90 Å². The summed E-state index contributed by atoms with van der Waals surface area (Å²) in [5, 5.41) is 0. The van der Waals surface area contributed by atoms with Gasteiger partial charge in [-0.1, -0.05) is 67.6 Å². The lowest BCUT2D eigenvalue weighted by atomic mass is 9.46. The second-order valence-electron chi connectivity index (χ2n) is 8.83. The Morgan fingerprint density at radius 2 is 1.47 bits per heavy atom. The molecule has 3 aliphatic carbocycles. The summed E-state index contributed by atoms with van der Waals surface area (Å²) in [6.07, 6.45) is 0.787. The Morgan fingerprint density at radius 3 is 2.07 bits per heavy atom. The number of anilines is 1. The van der Waals surface area contributed by atoms with Crippen molar-refractivity contribution >= 4 is 17.5 Å². The molecule has 2 bridgehead atoms. The number of aryl methyl sites for hydroxylation is 1. The fraction of sp³-hybridized carbons (Fsp3) is 0.259. The summed E-state index contributed by atoms with van der Waals surface area (Å²) in [6, 6.07) is 24.6. The summed E-state index contributed by atoms with van der Waals surface area (Å²) in [4.78, 5) is 29.2. The smallest absolute Gasteiger partial charge is 0.238 e. The molecule has 1 heterocycles. The quantitative estimate of drug-likeness (QED) is 0.578. The molecule has 2 amide bonds. The maximum absolute atomic E-state index is 13.9. The Hall–Kier alpha value is -3.20. The van der Waals surface area contributed by atoms with Gasteiger partial charge >= 0.3 is 0 Å². The van der Waals surface area contributed by atoms with Crippen LogP contribution in [0.5, 0.6) is 0 Å². The first-order valence-electron chi connectivity index (χ1n) is 10.7. The van der Waals surface area contributed by atoms with Gasteiger partial charge in [0.2, 0.25) is 11.8 Å². The third kappa shape index (κ3) is 1.91. The third-order valence-corrected chi connectivity index (χ3v) is 7.61. The number of nitrogens with zero attached hydrogens (tertiary/aromatic N) is 1. The molecule has 30 heavy (non-hydrogen) atoms. The number of carbonyl (C=O) groups is 2. The summed E-state index contributed by atoms with van der Waals surface area (Å²) in [5.74, 6) is -0.871. The van der Waals surface area contributed by atoms with E-state index in [0.717, 1.165) is 12.0 Å². The van der Waals surface area contributed by atoms with Crippen molar-refractivity contribution in [2.75, 3.05) is 4.90 Å². The van der Waals surface area contributed by atoms with Gasteiger partial charge in [-0.2, -0.15) is 0 Å². The Morgan fingerprint density at radius 1 is 0.833 bits per heavy atom. The number of amides is 2. The topological polar surface area (TPSA) is 37.4 Å². The fourth-order valence-corrected chi connectivity index (χ4v) is 6.55. The molecule has 3 heteroatoms. The van der Waals surface area contributed by atoms with Crippen molar-refractivity contribution in [1.82, 2.24) is 0 Å². The summed E-state index contributed by atoms with van der Waals surface area (Å²) in [6.45, 7) is 4.15. The summed E-state index contributed by atoms with van der Waals surface area (Å²) < 4.78 is 0. The average molecular weight is 393 g/mol. The van der Waals surface area contributed by atoms with E-state index in [4.69, 9.17) is 0 Å². The van der Waals surface area contributed by atoms with Crippen LogP contribution in [0.2, 0.25) is 0 Å². The maximum Gasteiger partial charge on any atom is 0.238 e. The van der Waals surface area contributed by atoms with E-state index in [1.807, 2.05) is 31.2 Å². The van der Waals surface area contributed by atoms with E-state index in [2.05, 4.69) is 55.5 Å². The Labute approximate surface area is 176 Å². The van der Waals surface area contributed by atoms with Gasteiger partial charge in [-0.05, 0) is 53.3 Å². The summed E-state index contributed by atoms with van der Waals surface area (Å²) in [5.41, 5.74) is 6.16. The Kier molecular flexibility index (Phi) is 3.48.